The lowest BCUT2D eigenvalue weighted by atomic mass is 9.92. The van der Waals surface area contributed by atoms with Crippen molar-refractivity contribution in [3.05, 3.63) is 35.9 Å². The van der Waals surface area contributed by atoms with Crippen molar-refractivity contribution in [1.29, 1.82) is 0 Å². The van der Waals surface area contributed by atoms with Crippen LogP contribution in [0.5, 0.6) is 0 Å². The zero-order chi connectivity index (χ0) is 11.2. The molecular weight excluding hydrogens is 198 g/mol. The lowest BCUT2D eigenvalue weighted by Gasteiger charge is -2.21. The van der Waals surface area contributed by atoms with Gasteiger partial charge in [0.1, 0.15) is 5.78 Å². The van der Waals surface area contributed by atoms with E-state index < -0.39 is 0 Å². The van der Waals surface area contributed by atoms with E-state index in [-0.39, 0.29) is 5.92 Å². The Kier molecular flexibility index (Phi) is 4.11. The van der Waals surface area contributed by atoms with Gasteiger partial charge >= 0.3 is 0 Å². The molecule has 0 aliphatic carbocycles. The van der Waals surface area contributed by atoms with Gasteiger partial charge in [0.2, 0.25) is 0 Å². The summed E-state index contributed by atoms with van der Waals surface area (Å²) in [6, 6.07) is 10.5. The normalized spacial score (nSPS) is 21.0. The Labute approximate surface area is 97.1 Å². The van der Waals surface area contributed by atoms with Crippen molar-refractivity contribution in [3.8, 4) is 0 Å². The third-order valence-corrected chi connectivity index (χ3v) is 3.26. The van der Waals surface area contributed by atoms with E-state index in [2.05, 4.69) is 29.6 Å². The number of piperidine rings is 1. The monoisotopic (exact) mass is 217 g/mol. The van der Waals surface area contributed by atoms with Crippen molar-refractivity contribution < 1.29 is 4.79 Å². The van der Waals surface area contributed by atoms with Crippen LogP contribution in [0.3, 0.4) is 0 Å². The molecule has 1 saturated heterocycles. The van der Waals surface area contributed by atoms with Crippen LogP contribution in [0, 0.1) is 5.92 Å². The minimum atomic E-state index is 0.262. The molecule has 1 aromatic rings. The number of Topliss-reactive ketones (excluding diaryl/α,β-unsaturated/α-hetero) is 1. The number of nitrogens with one attached hydrogen (secondary N) is 1. The van der Waals surface area contributed by atoms with Crippen LogP contribution in [-0.2, 0) is 11.2 Å². The molecule has 1 N–H and O–H groups in total. The van der Waals surface area contributed by atoms with Crippen molar-refractivity contribution in [2.45, 2.75) is 25.7 Å². The number of rotatable bonds is 4. The number of carbonyl (C=O) groups excluding carboxylic acids is 1. The van der Waals surface area contributed by atoms with Gasteiger partial charge in [-0.05, 0) is 24.8 Å². The van der Waals surface area contributed by atoms with E-state index in [0.717, 1.165) is 38.8 Å². The fourth-order valence-corrected chi connectivity index (χ4v) is 2.27. The molecule has 0 spiro atoms. The average molecular weight is 217 g/mol. The van der Waals surface area contributed by atoms with E-state index in [1.165, 1.54) is 5.56 Å². The molecule has 1 unspecified atom stereocenters. The molecule has 0 radical (unpaired) electrons. The summed E-state index contributed by atoms with van der Waals surface area (Å²) in [6.07, 6.45) is 3.95. The molecule has 1 aromatic carbocycles. The Hall–Kier alpha value is -1.15. The molecule has 2 nitrogen and oxygen atoms in total. The second-order valence-corrected chi connectivity index (χ2v) is 4.50. The molecule has 0 amide bonds. The fraction of sp³-hybridized carbons (Fsp3) is 0.500. The second-order valence-electron chi connectivity index (χ2n) is 4.50. The summed E-state index contributed by atoms with van der Waals surface area (Å²) in [5.41, 5.74) is 1.37. The standard InChI is InChI=1S/C14H19NO/c16-14-9-10-15-11-13(14)8-4-7-12-5-2-1-3-6-12/h1-3,5-6,13,15H,4,7-11H2. The zero-order valence-electron chi connectivity index (χ0n) is 9.61. The van der Waals surface area contributed by atoms with E-state index in [1.807, 2.05) is 6.07 Å². The first-order valence-corrected chi connectivity index (χ1v) is 6.13. The van der Waals surface area contributed by atoms with Gasteiger partial charge < -0.3 is 5.32 Å². The predicted octanol–water partition coefficient (Wildman–Crippen LogP) is 2.19. The van der Waals surface area contributed by atoms with Crippen molar-refractivity contribution in [1.82, 2.24) is 5.32 Å². The quantitative estimate of drug-likeness (QED) is 0.837. The van der Waals surface area contributed by atoms with Crippen LogP contribution >= 0.6 is 0 Å². The van der Waals surface area contributed by atoms with Crippen LogP contribution in [0.15, 0.2) is 30.3 Å². The minimum absolute atomic E-state index is 0.262. The summed E-state index contributed by atoms with van der Waals surface area (Å²) in [6.45, 7) is 1.75. The highest BCUT2D eigenvalue weighted by Gasteiger charge is 2.20. The lowest BCUT2D eigenvalue weighted by molar-refractivity contribution is -0.124. The van der Waals surface area contributed by atoms with Crippen LogP contribution in [-0.4, -0.2) is 18.9 Å². The smallest absolute Gasteiger partial charge is 0.138 e. The maximum absolute atomic E-state index is 11.6. The third kappa shape index (κ3) is 3.17. The molecule has 1 heterocycles. The summed E-state index contributed by atoms with van der Waals surface area (Å²) < 4.78 is 0. The first-order chi connectivity index (χ1) is 7.86. The molecular formula is C14H19NO. The molecule has 1 fully saturated rings. The highest BCUT2D eigenvalue weighted by atomic mass is 16.1. The minimum Gasteiger partial charge on any atom is -0.316 e. The highest BCUT2D eigenvalue weighted by Crippen LogP contribution is 2.14. The van der Waals surface area contributed by atoms with Crippen LogP contribution < -0.4 is 5.32 Å². The predicted molar refractivity (Wildman–Crippen MR) is 65.4 cm³/mol. The Morgan fingerprint density at radius 1 is 1.25 bits per heavy atom. The van der Waals surface area contributed by atoms with Crippen LogP contribution in [0.25, 0.3) is 0 Å². The molecule has 0 bridgehead atoms. The van der Waals surface area contributed by atoms with Crippen molar-refractivity contribution in [3.63, 3.8) is 0 Å². The Morgan fingerprint density at radius 3 is 2.81 bits per heavy atom. The second kappa shape index (κ2) is 5.80. The van der Waals surface area contributed by atoms with Crippen molar-refractivity contribution >= 4 is 5.78 Å². The van der Waals surface area contributed by atoms with Gasteiger partial charge in [-0.15, -0.1) is 0 Å². The average Bonchev–Trinajstić information content (AvgIpc) is 2.33. The van der Waals surface area contributed by atoms with Crippen LogP contribution in [0.1, 0.15) is 24.8 Å². The number of aryl methyl sites for hydroxylation is 1. The van der Waals surface area contributed by atoms with E-state index in [0.29, 0.717) is 5.78 Å². The SMILES string of the molecule is O=C1CCNCC1CCCc1ccccc1. The molecule has 1 aliphatic heterocycles. The van der Waals surface area contributed by atoms with Gasteiger partial charge in [0.15, 0.2) is 0 Å². The molecule has 86 valence electrons. The maximum Gasteiger partial charge on any atom is 0.138 e. The Bertz CT molecular complexity index is 334. The molecule has 0 aromatic heterocycles. The molecule has 1 atom stereocenters. The van der Waals surface area contributed by atoms with Gasteiger partial charge in [0.25, 0.3) is 0 Å². The molecule has 1 aliphatic rings. The first-order valence-electron chi connectivity index (χ1n) is 6.13. The van der Waals surface area contributed by atoms with E-state index in [9.17, 15) is 4.79 Å². The van der Waals surface area contributed by atoms with Gasteiger partial charge in [-0.2, -0.15) is 0 Å². The summed E-state index contributed by atoms with van der Waals surface area (Å²) in [5, 5.41) is 3.29. The van der Waals surface area contributed by atoms with Crippen LogP contribution in [0.4, 0.5) is 0 Å². The number of hydrogen-bond donors (Lipinski definition) is 1. The third-order valence-electron chi connectivity index (χ3n) is 3.26. The molecule has 0 saturated carbocycles. The van der Waals surface area contributed by atoms with Crippen molar-refractivity contribution in [2.24, 2.45) is 5.92 Å². The lowest BCUT2D eigenvalue weighted by Crippen LogP contribution is -2.36. The number of ketones is 1. The number of benzene rings is 1. The Morgan fingerprint density at radius 2 is 2.06 bits per heavy atom. The van der Waals surface area contributed by atoms with Crippen LogP contribution in [0.2, 0.25) is 0 Å². The topological polar surface area (TPSA) is 29.1 Å². The fourth-order valence-electron chi connectivity index (χ4n) is 2.27. The summed E-state index contributed by atoms with van der Waals surface area (Å²) in [5.74, 6) is 0.712. The van der Waals surface area contributed by atoms with Gasteiger partial charge in [-0.3, -0.25) is 4.79 Å². The largest absolute Gasteiger partial charge is 0.316 e. The summed E-state index contributed by atoms with van der Waals surface area (Å²) in [4.78, 5) is 11.6. The van der Waals surface area contributed by atoms with Gasteiger partial charge in [0, 0.05) is 25.4 Å². The molecule has 2 heteroatoms. The zero-order valence-corrected chi connectivity index (χ0v) is 9.61. The number of hydrogen-bond acceptors (Lipinski definition) is 2. The highest BCUT2D eigenvalue weighted by molar-refractivity contribution is 5.82. The molecule has 2 rings (SSSR count). The van der Waals surface area contributed by atoms with Gasteiger partial charge in [0.05, 0.1) is 0 Å². The summed E-state index contributed by atoms with van der Waals surface area (Å²) in [7, 11) is 0. The number of carbonyl (C=O) groups is 1. The van der Waals surface area contributed by atoms with Crippen molar-refractivity contribution in [2.75, 3.05) is 13.1 Å². The Balaban J connectivity index is 1.73. The van der Waals surface area contributed by atoms with E-state index >= 15 is 0 Å². The van der Waals surface area contributed by atoms with Gasteiger partial charge in [-0.1, -0.05) is 30.3 Å². The summed E-state index contributed by atoms with van der Waals surface area (Å²) >= 11 is 0. The first kappa shape index (κ1) is 11.3. The van der Waals surface area contributed by atoms with E-state index in [1.54, 1.807) is 0 Å². The molecule has 16 heavy (non-hydrogen) atoms. The van der Waals surface area contributed by atoms with Gasteiger partial charge in [-0.25, -0.2) is 0 Å². The van der Waals surface area contributed by atoms with E-state index in [4.69, 9.17) is 0 Å². The maximum atomic E-state index is 11.6.